The van der Waals surface area contributed by atoms with Crippen LogP contribution in [0, 0.1) is 5.41 Å². The van der Waals surface area contributed by atoms with E-state index in [9.17, 15) is 4.79 Å². The summed E-state index contributed by atoms with van der Waals surface area (Å²) in [5, 5.41) is 2.76. The summed E-state index contributed by atoms with van der Waals surface area (Å²) in [6.45, 7) is 2.53. The van der Waals surface area contributed by atoms with Crippen LogP contribution in [-0.2, 0) is 4.79 Å². The van der Waals surface area contributed by atoms with Crippen LogP contribution in [0.4, 0.5) is 0 Å². The Morgan fingerprint density at radius 2 is 2.25 bits per heavy atom. The second kappa shape index (κ2) is 3.39. The first-order chi connectivity index (χ1) is 5.63. The molecule has 0 aromatic rings. The van der Waals surface area contributed by atoms with E-state index in [1.165, 1.54) is 0 Å². The maximum Gasteiger partial charge on any atom is 0.233 e. The summed E-state index contributed by atoms with van der Waals surface area (Å²) in [5.41, 5.74) is 5.03. The van der Waals surface area contributed by atoms with Gasteiger partial charge in [-0.15, -0.1) is 0 Å². The maximum atomic E-state index is 11.5. The highest BCUT2D eigenvalue weighted by Crippen LogP contribution is 2.41. The third kappa shape index (κ3) is 1.31. The Labute approximate surface area is 77.7 Å². The molecular weight excluding hydrogens is 172 g/mol. The van der Waals surface area contributed by atoms with E-state index in [1.807, 2.05) is 6.92 Å². The molecule has 0 aromatic carbocycles. The van der Waals surface area contributed by atoms with Gasteiger partial charge in [0.15, 0.2) is 0 Å². The zero-order valence-electron chi connectivity index (χ0n) is 7.22. The van der Waals surface area contributed by atoms with E-state index in [1.54, 1.807) is 0 Å². The normalized spacial score (nSPS) is 19.4. The van der Waals surface area contributed by atoms with Crippen LogP contribution in [0.2, 0.25) is 0 Å². The Hall–Kier alpha value is -0.640. The van der Waals surface area contributed by atoms with Crippen LogP contribution >= 0.6 is 12.2 Å². The first-order valence-electron chi connectivity index (χ1n) is 4.21. The largest absolute Gasteiger partial charge is 0.392 e. The van der Waals surface area contributed by atoms with E-state index >= 15 is 0 Å². The Morgan fingerprint density at radius 3 is 2.50 bits per heavy atom. The van der Waals surface area contributed by atoms with E-state index in [-0.39, 0.29) is 5.91 Å². The van der Waals surface area contributed by atoms with Gasteiger partial charge in [-0.25, -0.2) is 0 Å². The number of amides is 1. The summed E-state index contributed by atoms with van der Waals surface area (Å²) in [7, 11) is 0. The lowest BCUT2D eigenvalue weighted by molar-refractivity contribution is -0.130. The predicted molar refractivity (Wildman–Crippen MR) is 51.8 cm³/mol. The van der Waals surface area contributed by atoms with Crippen LogP contribution in [-0.4, -0.2) is 17.4 Å². The van der Waals surface area contributed by atoms with Crippen molar-refractivity contribution < 1.29 is 4.79 Å². The Balaban J connectivity index is 2.67. The van der Waals surface area contributed by atoms with Crippen LogP contribution < -0.4 is 11.1 Å². The van der Waals surface area contributed by atoms with Gasteiger partial charge in [-0.1, -0.05) is 18.6 Å². The number of hydrogen-bond acceptors (Lipinski definition) is 2. The first kappa shape index (κ1) is 9.45. The van der Waals surface area contributed by atoms with Crippen LogP contribution in [0.25, 0.3) is 0 Å². The second-order valence-electron chi connectivity index (χ2n) is 3.16. The third-order valence-electron chi connectivity index (χ3n) is 2.45. The van der Waals surface area contributed by atoms with E-state index in [0.717, 1.165) is 19.3 Å². The van der Waals surface area contributed by atoms with Crippen molar-refractivity contribution in [1.82, 2.24) is 5.32 Å². The Bertz CT molecular complexity index is 211. The molecule has 0 aliphatic heterocycles. The molecule has 1 aliphatic carbocycles. The van der Waals surface area contributed by atoms with Gasteiger partial charge in [0.05, 0.1) is 10.4 Å². The molecule has 3 N–H and O–H groups in total. The Kier molecular flexibility index (Phi) is 2.67. The van der Waals surface area contributed by atoms with Crippen molar-refractivity contribution in [1.29, 1.82) is 0 Å². The predicted octanol–water partition coefficient (Wildman–Crippen LogP) is 0.579. The summed E-state index contributed by atoms with van der Waals surface area (Å²) in [6.07, 6.45) is 2.68. The highest BCUT2D eigenvalue weighted by molar-refractivity contribution is 7.80. The number of nitrogens with one attached hydrogen (secondary N) is 1. The lowest BCUT2D eigenvalue weighted by Gasteiger charge is -2.38. The van der Waals surface area contributed by atoms with Crippen molar-refractivity contribution in [2.75, 3.05) is 6.54 Å². The van der Waals surface area contributed by atoms with Gasteiger partial charge in [0.1, 0.15) is 0 Å². The number of nitrogens with two attached hydrogens (primary N) is 1. The molecule has 0 heterocycles. The van der Waals surface area contributed by atoms with Gasteiger partial charge in [0, 0.05) is 6.54 Å². The van der Waals surface area contributed by atoms with Gasteiger partial charge in [0.2, 0.25) is 5.91 Å². The van der Waals surface area contributed by atoms with Crippen LogP contribution in [0.5, 0.6) is 0 Å². The molecule has 3 nitrogen and oxygen atoms in total. The van der Waals surface area contributed by atoms with E-state index in [0.29, 0.717) is 11.5 Å². The molecule has 1 aliphatic rings. The molecular formula is C8H14N2OS. The lowest BCUT2D eigenvalue weighted by atomic mass is 9.68. The fourth-order valence-electron chi connectivity index (χ4n) is 1.45. The van der Waals surface area contributed by atoms with Crippen molar-refractivity contribution in [3.05, 3.63) is 0 Å². The number of rotatable bonds is 3. The summed E-state index contributed by atoms with van der Waals surface area (Å²) in [5.74, 6) is 0.00347. The molecule has 1 amide bonds. The zero-order valence-corrected chi connectivity index (χ0v) is 8.04. The summed E-state index contributed by atoms with van der Waals surface area (Å²) in [4.78, 5) is 11.9. The van der Waals surface area contributed by atoms with Crippen LogP contribution in [0.3, 0.4) is 0 Å². The van der Waals surface area contributed by atoms with Crippen molar-refractivity contribution in [2.24, 2.45) is 11.1 Å². The van der Waals surface area contributed by atoms with Gasteiger partial charge in [-0.2, -0.15) is 0 Å². The molecule has 0 radical (unpaired) electrons. The molecule has 0 bridgehead atoms. The SMILES string of the molecule is CCNC(=O)C1(C(N)=S)CCC1. The molecule has 1 rings (SSSR count). The zero-order chi connectivity index (χ0) is 9.19. The molecule has 12 heavy (non-hydrogen) atoms. The summed E-state index contributed by atoms with van der Waals surface area (Å²) in [6, 6.07) is 0. The van der Waals surface area contributed by atoms with Gasteiger partial charge in [-0.05, 0) is 19.8 Å². The van der Waals surface area contributed by atoms with Gasteiger partial charge in [0.25, 0.3) is 0 Å². The van der Waals surface area contributed by atoms with Gasteiger partial charge >= 0.3 is 0 Å². The molecule has 0 saturated heterocycles. The standard InChI is InChI=1S/C8H14N2OS/c1-2-10-7(11)8(6(9)12)4-3-5-8/h2-5H2,1H3,(H2,9,12)(H,10,11). The van der Waals surface area contributed by atoms with Gasteiger partial charge < -0.3 is 11.1 Å². The summed E-state index contributed by atoms with van der Waals surface area (Å²) < 4.78 is 0. The fourth-order valence-corrected chi connectivity index (χ4v) is 1.74. The highest BCUT2D eigenvalue weighted by atomic mass is 32.1. The minimum Gasteiger partial charge on any atom is -0.392 e. The molecule has 1 fully saturated rings. The molecule has 0 atom stereocenters. The lowest BCUT2D eigenvalue weighted by Crippen LogP contribution is -2.53. The number of carbonyl (C=O) groups is 1. The van der Waals surface area contributed by atoms with E-state index in [4.69, 9.17) is 18.0 Å². The fraction of sp³-hybridized carbons (Fsp3) is 0.750. The van der Waals surface area contributed by atoms with Crippen molar-refractivity contribution in [2.45, 2.75) is 26.2 Å². The quantitative estimate of drug-likeness (QED) is 0.634. The smallest absolute Gasteiger partial charge is 0.233 e. The van der Waals surface area contributed by atoms with Crippen molar-refractivity contribution in [3.8, 4) is 0 Å². The topological polar surface area (TPSA) is 55.1 Å². The first-order valence-corrected chi connectivity index (χ1v) is 4.62. The maximum absolute atomic E-state index is 11.5. The minimum atomic E-state index is -0.509. The number of carbonyl (C=O) groups excluding carboxylic acids is 1. The van der Waals surface area contributed by atoms with E-state index in [2.05, 4.69) is 5.32 Å². The number of thiocarbonyl (C=S) groups is 1. The molecule has 68 valence electrons. The molecule has 0 unspecified atom stereocenters. The molecule has 0 aromatic heterocycles. The Morgan fingerprint density at radius 1 is 1.67 bits per heavy atom. The average molecular weight is 186 g/mol. The second-order valence-corrected chi connectivity index (χ2v) is 3.60. The van der Waals surface area contributed by atoms with Crippen molar-refractivity contribution >= 4 is 23.1 Å². The minimum absolute atomic E-state index is 0.00347. The monoisotopic (exact) mass is 186 g/mol. The molecule has 4 heteroatoms. The molecule has 1 saturated carbocycles. The highest BCUT2D eigenvalue weighted by Gasteiger charge is 2.46. The van der Waals surface area contributed by atoms with Crippen LogP contribution in [0.15, 0.2) is 0 Å². The summed E-state index contributed by atoms with van der Waals surface area (Å²) >= 11 is 4.89. The van der Waals surface area contributed by atoms with Gasteiger partial charge in [-0.3, -0.25) is 4.79 Å². The third-order valence-corrected chi connectivity index (χ3v) is 2.84. The number of hydrogen-bond donors (Lipinski definition) is 2. The van der Waals surface area contributed by atoms with E-state index < -0.39 is 5.41 Å². The molecule has 0 spiro atoms. The van der Waals surface area contributed by atoms with Crippen molar-refractivity contribution in [3.63, 3.8) is 0 Å². The average Bonchev–Trinajstić information content (AvgIpc) is 1.83. The van der Waals surface area contributed by atoms with Crippen LogP contribution in [0.1, 0.15) is 26.2 Å².